The summed E-state index contributed by atoms with van der Waals surface area (Å²) < 4.78 is 2.11. The Bertz CT molecular complexity index is 443. The van der Waals surface area contributed by atoms with Gasteiger partial charge in [0.25, 0.3) is 0 Å². The van der Waals surface area contributed by atoms with Gasteiger partial charge in [0.15, 0.2) is 4.34 Å². The summed E-state index contributed by atoms with van der Waals surface area (Å²) >= 11 is 6.80. The first-order valence-corrected chi connectivity index (χ1v) is 6.85. The second kappa shape index (κ2) is 5.12. The van der Waals surface area contributed by atoms with E-state index < -0.39 is 0 Å². The SMILES string of the molecule is NCc1c(Br)cccc1Sc1nccs1. The molecule has 2 nitrogen and oxygen atoms in total. The van der Waals surface area contributed by atoms with Crippen molar-refractivity contribution in [2.24, 2.45) is 5.73 Å². The van der Waals surface area contributed by atoms with Gasteiger partial charge in [0.05, 0.1) is 0 Å². The molecule has 0 amide bonds. The smallest absolute Gasteiger partial charge is 0.154 e. The Hall–Kier alpha value is -0.360. The maximum atomic E-state index is 5.72. The van der Waals surface area contributed by atoms with Crippen LogP contribution in [-0.2, 0) is 6.54 Å². The summed E-state index contributed by atoms with van der Waals surface area (Å²) in [4.78, 5) is 5.41. The number of thiazole rings is 1. The third kappa shape index (κ3) is 2.60. The first-order valence-electron chi connectivity index (χ1n) is 4.36. The van der Waals surface area contributed by atoms with E-state index >= 15 is 0 Å². The van der Waals surface area contributed by atoms with E-state index in [-0.39, 0.29) is 0 Å². The minimum atomic E-state index is 0.537. The van der Waals surface area contributed by atoms with Gasteiger partial charge in [-0.2, -0.15) is 0 Å². The Morgan fingerprint density at radius 1 is 1.47 bits per heavy atom. The number of aromatic nitrogens is 1. The van der Waals surface area contributed by atoms with Crippen molar-refractivity contribution in [3.63, 3.8) is 0 Å². The lowest BCUT2D eigenvalue weighted by atomic mass is 10.2. The average Bonchev–Trinajstić information content (AvgIpc) is 2.71. The summed E-state index contributed by atoms with van der Waals surface area (Å²) in [6.07, 6.45) is 1.81. The molecule has 1 aromatic heterocycles. The van der Waals surface area contributed by atoms with Gasteiger partial charge < -0.3 is 5.73 Å². The minimum absolute atomic E-state index is 0.537. The van der Waals surface area contributed by atoms with Gasteiger partial charge >= 0.3 is 0 Å². The molecule has 2 aromatic rings. The molecule has 0 aliphatic heterocycles. The number of halogens is 1. The predicted octanol–water partition coefficient (Wildman–Crippen LogP) is 3.52. The molecular weight excluding hydrogens is 292 g/mol. The fourth-order valence-electron chi connectivity index (χ4n) is 1.19. The molecule has 5 heteroatoms. The van der Waals surface area contributed by atoms with Gasteiger partial charge in [-0.1, -0.05) is 33.8 Å². The van der Waals surface area contributed by atoms with Gasteiger partial charge in [0.2, 0.25) is 0 Å². The highest BCUT2D eigenvalue weighted by atomic mass is 79.9. The van der Waals surface area contributed by atoms with Crippen molar-refractivity contribution >= 4 is 39.0 Å². The first-order chi connectivity index (χ1) is 7.31. The Morgan fingerprint density at radius 3 is 3.00 bits per heavy atom. The second-order valence-corrected chi connectivity index (χ2v) is 5.86. The van der Waals surface area contributed by atoms with E-state index in [1.165, 1.54) is 4.90 Å². The second-order valence-electron chi connectivity index (χ2n) is 2.82. The van der Waals surface area contributed by atoms with E-state index in [1.54, 1.807) is 23.1 Å². The standard InChI is InChI=1S/C10H9BrN2S2/c11-8-2-1-3-9(7(8)6-12)15-10-13-4-5-14-10/h1-5H,6,12H2. The highest BCUT2D eigenvalue weighted by molar-refractivity contribution is 9.10. The highest BCUT2D eigenvalue weighted by Gasteiger charge is 2.07. The van der Waals surface area contributed by atoms with Crippen LogP contribution in [0.5, 0.6) is 0 Å². The van der Waals surface area contributed by atoms with Crippen molar-refractivity contribution in [2.75, 3.05) is 0 Å². The van der Waals surface area contributed by atoms with E-state index in [9.17, 15) is 0 Å². The van der Waals surface area contributed by atoms with Gasteiger partial charge in [0, 0.05) is 27.5 Å². The molecule has 2 rings (SSSR count). The molecular formula is C10H9BrN2S2. The Labute approximate surface area is 105 Å². The molecule has 0 spiro atoms. The molecule has 0 saturated carbocycles. The van der Waals surface area contributed by atoms with Crippen molar-refractivity contribution in [1.82, 2.24) is 4.98 Å². The fourth-order valence-corrected chi connectivity index (χ4v) is 3.60. The van der Waals surface area contributed by atoms with Crippen molar-refractivity contribution < 1.29 is 0 Å². The molecule has 1 heterocycles. The molecule has 1 aromatic carbocycles. The van der Waals surface area contributed by atoms with Crippen molar-refractivity contribution in [3.05, 3.63) is 39.8 Å². The van der Waals surface area contributed by atoms with Crippen molar-refractivity contribution in [3.8, 4) is 0 Å². The Balaban J connectivity index is 2.32. The third-order valence-corrected chi connectivity index (χ3v) is 4.62. The molecule has 0 aliphatic rings. The number of hydrogen-bond acceptors (Lipinski definition) is 4. The quantitative estimate of drug-likeness (QED) is 0.943. The zero-order valence-electron chi connectivity index (χ0n) is 7.81. The summed E-state index contributed by atoms with van der Waals surface area (Å²) in [5, 5.41) is 1.97. The molecule has 0 atom stereocenters. The molecule has 0 saturated heterocycles. The van der Waals surface area contributed by atoms with Crippen LogP contribution in [0, 0.1) is 0 Å². The molecule has 0 unspecified atom stereocenters. The minimum Gasteiger partial charge on any atom is -0.326 e. The van der Waals surface area contributed by atoms with Crippen LogP contribution >= 0.6 is 39.0 Å². The number of rotatable bonds is 3. The molecule has 15 heavy (non-hydrogen) atoms. The van der Waals surface area contributed by atoms with E-state index in [1.807, 2.05) is 23.7 Å². The molecule has 0 aliphatic carbocycles. The average molecular weight is 301 g/mol. The van der Waals surface area contributed by atoms with E-state index in [4.69, 9.17) is 5.73 Å². The highest BCUT2D eigenvalue weighted by Crippen LogP contribution is 2.34. The molecule has 0 radical (unpaired) electrons. The van der Waals surface area contributed by atoms with Crippen molar-refractivity contribution in [1.29, 1.82) is 0 Å². The molecule has 0 bridgehead atoms. The maximum Gasteiger partial charge on any atom is 0.154 e. The normalized spacial score (nSPS) is 10.5. The summed E-state index contributed by atoms with van der Waals surface area (Å²) in [6.45, 7) is 0.537. The summed E-state index contributed by atoms with van der Waals surface area (Å²) in [7, 11) is 0. The first kappa shape index (κ1) is 11.1. The van der Waals surface area contributed by atoms with Crippen molar-refractivity contribution in [2.45, 2.75) is 15.8 Å². The van der Waals surface area contributed by atoms with Crippen LogP contribution in [0.4, 0.5) is 0 Å². The van der Waals surface area contributed by atoms with E-state index in [2.05, 4.69) is 27.0 Å². The lowest BCUT2D eigenvalue weighted by Crippen LogP contribution is -1.99. The van der Waals surface area contributed by atoms with Gasteiger partial charge in [0.1, 0.15) is 0 Å². The monoisotopic (exact) mass is 300 g/mol. The van der Waals surface area contributed by atoms with Gasteiger partial charge in [-0.05, 0) is 17.7 Å². The lowest BCUT2D eigenvalue weighted by Gasteiger charge is -2.07. The lowest BCUT2D eigenvalue weighted by molar-refractivity contribution is 1.01. The zero-order valence-corrected chi connectivity index (χ0v) is 11.0. The van der Waals surface area contributed by atoms with Crippen LogP contribution in [0.2, 0.25) is 0 Å². The van der Waals surface area contributed by atoms with Gasteiger partial charge in [-0.15, -0.1) is 11.3 Å². The van der Waals surface area contributed by atoms with Crippen LogP contribution in [0.25, 0.3) is 0 Å². The van der Waals surface area contributed by atoms with Crippen LogP contribution < -0.4 is 5.73 Å². The number of hydrogen-bond donors (Lipinski definition) is 1. The Kier molecular flexibility index (Phi) is 3.80. The van der Waals surface area contributed by atoms with E-state index in [0.717, 1.165) is 14.4 Å². The number of nitrogens with zero attached hydrogens (tertiary/aromatic N) is 1. The largest absolute Gasteiger partial charge is 0.326 e. The number of nitrogens with two attached hydrogens (primary N) is 1. The summed E-state index contributed by atoms with van der Waals surface area (Å²) in [6, 6.07) is 6.09. The fraction of sp³-hybridized carbons (Fsp3) is 0.100. The van der Waals surface area contributed by atoms with E-state index in [0.29, 0.717) is 6.54 Å². The molecule has 0 fully saturated rings. The Morgan fingerprint density at radius 2 is 2.33 bits per heavy atom. The summed E-state index contributed by atoms with van der Waals surface area (Å²) in [5.41, 5.74) is 6.86. The molecule has 78 valence electrons. The van der Waals surface area contributed by atoms with Crippen LogP contribution in [-0.4, -0.2) is 4.98 Å². The third-order valence-electron chi connectivity index (χ3n) is 1.89. The van der Waals surface area contributed by atoms with Crippen LogP contribution in [0.15, 0.2) is 43.5 Å². The predicted molar refractivity (Wildman–Crippen MR) is 68.3 cm³/mol. The van der Waals surface area contributed by atoms with Crippen LogP contribution in [0.1, 0.15) is 5.56 Å². The maximum absolute atomic E-state index is 5.72. The zero-order chi connectivity index (χ0) is 10.7. The summed E-state index contributed by atoms with van der Waals surface area (Å²) in [5.74, 6) is 0. The molecule has 2 N–H and O–H groups in total. The van der Waals surface area contributed by atoms with Gasteiger partial charge in [-0.25, -0.2) is 4.98 Å². The topological polar surface area (TPSA) is 38.9 Å². The number of benzene rings is 1. The van der Waals surface area contributed by atoms with Crippen LogP contribution in [0.3, 0.4) is 0 Å². The van der Waals surface area contributed by atoms with Gasteiger partial charge in [-0.3, -0.25) is 0 Å².